The van der Waals surface area contributed by atoms with E-state index < -0.39 is 0 Å². The summed E-state index contributed by atoms with van der Waals surface area (Å²) < 4.78 is 0. The van der Waals surface area contributed by atoms with Gasteiger partial charge in [0.1, 0.15) is 0 Å². The number of hydrogen-bond acceptors (Lipinski definition) is 2. The van der Waals surface area contributed by atoms with Gasteiger partial charge in [-0.3, -0.25) is 4.79 Å². The maximum atomic E-state index is 12.3. The molecule has 2 aromatic carbocycles. The van der Waals surface area contributed by atoms with Crippen LogP contribution in [0.2, 0.25) is 10.0 Å². The Hall–Kier alpha value is -1.16. The fourth-order valence-electron chi connectivity index (χ4n) is 2.31. The molecule has 1 amide bonds. The maximum Gasteiger partial charge on any atom is 0.234 e. The molecule has 1 N–H and O–H groups in total. The average Bonchev–Trinajstić information content (AvgIpc) is 2.55. The largest absolute Gasteiger partial charge is 0.325 e. The van der Waals surface area contributed by atoms with Crippen LogP contribution >= 0.6 is 35.0 Å². The number of amides is 1. The summed E-state index contributed by atoms with van der Waals surface area (Å²) in [6.07, 6.45) is 1.77. The van der Waals surface area contributed by atoms with Crippen LogP contribution in [0.1, 0.15) is 25.0 Å². The molecule has 23 heavy (non-hydrogen) atoms. The van der Waals surface area contributed by atoms with Crippen molar-refractivity contribution in [2.45, 2.75) is 31.6 Å². The van der Waals surface area contributed by atoms with Crippen molar-refractivity contribution < 1.29 is 4.79 Å². The van der Waals surface area contributed by atoms with Crippen LogP contribution in [0.5, 0.6) is 0 Å². The molecule has 0 heterocycles. The lowest BCUT2D eigenvalue weighted by Crippen LogP contribution is -2.16. The lowest BCUT2D eigenvalue weighted by atomic mass is 10.0. The molecule has 0 saturated heterocycles. The number of rotatable bonds is 6. The Morgan fingerprint density at radius 3 is 2.35 bits per heavy atom. The molecular formula is C18H19Cl2NOS. The third-order valence-corrected chi connectivity index (χ3v) is 5.25. The number of thioether (sulfide) groups is 1. The molecule has 2 aromatic rings. The molecule has 0 saturated carbocycles. The lowest BCUT2D eigenvalue weighted by molar-refractivity contribution is -0.113. The highest BCUT2D eigenvalue weighted by Crippen LogP contribution is 2.30. The minimum absolute atomic E-state index is 0.0401. The molecule has 122 valence electrons. The molecule has 0 aliphatic rings. The number of hydrogen-bond donors (Lipinski definition) is 1. The van der Waals surface area contributed by atoms with E-state index in [0.717, 1.165) is 34.6 Å². The Morgan fingerprint density at radius 1 is 1.09 bits per heavy atom. The highest BCUT2D eigenvalue weighted by Gasteiger charge is 2.11. The zero-order valence-electron chi connectivity index (χ0n) is 13.2. The normalized spacial score (nSPS) is 10.6. The molecule has 2 rings (SSSR count). The second kappa shape index (κ2) is 8.62. The van der Waals surface area contributed by atoms with Crippen LogP contribution in [0.15, 0.2) is 41.3 Å². The molecule has 0 aromatic heterocycles. The molecule has 0 unspecified atom stereocenters. The van der Waals surface area contributed by atoms with Gasteiger partial charge in [-0.25, -0.2) is 0 Å². The summed E-state index contributed by atoms with van der Waals surface area (Å²) in [5.74, 6) is 0.253. The second-order valence-electron chi connectivity index (χ2n) is 5.07. The minimum Gasteiger partial charge on any atom is -0.325 e. The van der Waals surface area contributed by atoms with Gasteiger partial charge in [0.25, 0.3) is 0 Å². The first kappa shape index (κ1) is 18.2. The summed E-state index contributed by atoms with van der Waals surface area (Å²) in [4.78, 5) is 13.1. The van der Waals surface area contributed by atoms with Gasteiger partial charge in [-0.05, 0) is 42.2 Å². The number of anilines is 1. The predicted molar refractivity (Wildman–Crippen MR) is 101 cm³/mol. The molecule has 0 spiro atoms. The Kier molecular flexibility index (Phi) is 6.82. The Bertz CT molecular complexity index is 681. The van der Waals surface area contributed by atoms with E-state index in [1.54, 1.807) is 18.2 Å². The SMILES string of the molecule is CCc1cccc(CC)c1NC(=O)CSc1cc(Cl)ccc1Cl. The molecule has 2 nitrogen and oxygen atoms in total. The number of nitrogens with one attached hydrogen (secondary N) is 1. The van der Waals surface area contributed by atoms with Crippen LogP contribution in [0.4, 0.5) is 5.69 Å². The number of benzene rings is 2. The van der Waals surface area contributed by atoms with E-state index in [2.05, 4.69) is 31.3 Å². The third kappa shape index (κ3) is 4.90. The Labute approximate surface area is 151 Å². The molecule has 0 atom stereocenters. The number of aryl methyl sites for hydroxylation is 2. The average molecular weight is 368 g/mol. The first-order valence-corrected chi connectivity index (χ1v) is 9.27. The molecule has 0 aliphatic carbocycles. The van der Waals surface area contributed by atoms with Crippen molar-refractivity contribution in [2.75, 3.05) is 11.1 Å². The van der Waals surface area contributed by atoms with Crippen LogP contribution in [0.3, 0.4) is 0 Å². The fourth-order valence-corrected chi connectivity index (χ4v) is 3.60. The van der Waals surface area contributed by atoms with E-state index in [9.17, 15) is 4.79 Å². The standard InChI is InChI=1S/C18H19Cl2NOS/c1-3-12-6-5-7-13(4-2)18(12)21-17(22)11-23-16-10-14(19)8-9-15(16)20/h5-10H,3-4,11H2,1-2H3,(H,21,22). The molecular weight excluding hydrogens is 349 g/mol. The summed E-state index contributed by atoms with van der Waals surface area (Å²) in [7, 11) is 0. The topological polar surface area (TPSA) is 29.1 Å². The van der Waals surface area contributed by atoms with Crippen LogP contribution in [-0.2, 0) is 17.6 Å². The zero-order valence-corrected chi connectivity index (χ0v) is 15.5. The van der Waals surface area contributed by atoms with Gasteiger partial charge in [-0.15, -0.1) is 11.8 Å². The molecule has 0 aliphatic heterocycles. The molecule has 0 bridgehead atoms. The van der Waals surface area contributed by atoms with E-state index in [-0.39, 0.29) is 5.91 Å². The van der Waals surface area contributed by atoms with E-state index in [0.29, 0.717) is 15.8 Å². The number of carbonyl (C=O) groups excluding carboxylic acids is 1. The third-order valence-electron chi connectivity index (χ3n) is 3.52. The Balaban J connectivity index is 2.07. The van der Waals surface area contributed by atoms with E-state index in [1.807, 2.05) is 6.07 Å². The number of para-hydroxylation sites is 1. The highest BCUT2D eigenvalue weighted by molar-refractivity contribution is 8.00. The molecule has 5 heteroatoms. The van der Waals surface area contributed by atoms with Crippen molar-refractivity contribution in [3.8, 4) is 0 Å². The maximum absolute atomic E-state index is 12.3. The molecule has 0 radical (unpaired) electrons. The van der Waals surface area contributed by atoms with E-state index >= 15 is 0 Å². The monoisotopic (exact) mass is 367 g/mol. The van der Waals surface area contributed by atoms with Crippen LogP contribution in [0, 0.1) is 0 Å². The second-order valence-corrected chi connectivity index (χ2v) is 6.93. The van der Waals surface area contributed by atoms with Gasteiger partial charge in [0.2, 0.25) is 5.91 Å². The number of carbonyl (C=O) groups is 1. The first-order valence-electron chi connectivity index (χ1n) is 7.53. The highest BCUT2D eigenvalue weighted by atomic mass is 35.5. The fraction of sp³-hybridized carbons (Fsp3) is 0.278. The summed E-state index contributed by atoms with van der Waals surface area (Å²) in [6.45, 7) is 4.18. The van der Waals surface area contributed by atoms with Gasteiger partial charge in [0.05, 0.1) is 10.8 Å². The van der Waals surface area contributed by atoms with Gasteiger partial charge < -0.3 is 5.32 Å². The van der Waals surface area contributed by atoms with E-state index in [4.69, 9.17) is 23.2 Å². The van der Waals surface area contributed by atoms with Crippen LogP contribution in [0.25, 0.3) is 0 Å². The summed E-state index contributed by atoms with van der Waals surface area (Å²) >= 11 is 13.5. The van der Waals surface area contributed by atoms with Gasteiger partial charge in [-0.1, -0.05) is 55.2 Å². The van der Waals surface area contributed by atoms with Crippen molar-refractivity contribution in [2.24, 2.45) is 0 Å². The first-order chi connectivity index (χ1) is 11.0. The zero-order chi connectivity index (χ0) is 16.8. The van der Waals surface area contributed by atoms with Crippen LogP contribution in [-0.4, -0.2) is 11.7 Å². The predicted octanol–water partition coefficient (Wildman–Crippen LogP) is 5.85. The van der Waals surface area contributed by atoms with Crippen molar-refractivity contribution in [1.29, 1.82) is 0 Å². The van der Waals surface area contributed by atoms with Crippen molar-refractivity contribution in [3.63, 3.8) is 0 Å². The van der Waals surface area contributed by atoms with Crippen LogP contribution < -0.4 is 5.32 Å². The Morgan fingerprint density at radius 2 is 1.74 bits per heavy atom. The summed E-state index contributed by atoms with van der Waals surface area (Å²) in [5, 5.41) is 4.27. The van der Waals surface area contributed by atoms with Crippen molar-refractivity contribution in [3.05, 3.63) is 57.6 Å². The van der Waals surface area contributed by atoms with Crippen molar-refractivity contribution in [1.82, 2.24) is 0 Å². The van der Waals surface area contributed by atoms with E-state index in [1.165, 1.54) is 11.8 Å². The molecule has 0 fully saturated rings. The number of halogens is 2. The quantitative estimate of drug-likeness (QED) is 0.648. The van der Waals surface area contributed by atoms with Gasteiger partial charge >= 0.3 is 0 Å². The smallest absolute Gasteiger partial charge is 0.234 e. The van der Waals surface area contributed by atoms with Gasteiger partial charge in [-0.2, -0.15) is 0 Å². The van der Waals surface area contributed by atoms with Gasteiger partial charge in [0, 0.05) is 15.6 Å². The van der Waals surface area contributed by atoms with Gasteiger partial charge in [0.15, 0.2) is 0 Å². The summed E-state index contributed by atoms with van der Waals surface area (Å²) in [6, 6.07) is 11.4. The minimum atomic E-state index is -0.0401. The van der Waals surface area contributed by atoms with Crippen molar-refractivity contribution >= 4 is 46.6 Å². The lowest BCUT2D eigenvalue weighted by Gasteiger charge is -2.14. The summed E-state index contributed by atoms with van der Waals surface area (Å²) in [5.41, 5.74) is 3.26.